The molecule has 0 aliphatic heterocycles. The van der Waals surface area contributed by atoms with Crippen LogP contribution in [0.5, 0.6) is 5.75 Å². The van der Waals surface area contributed by atoms with Gasteiger partial charge in [0.1, 0.15) is 0 Å². The van der Waals surface area contributed by atoms with Crippen LogP contribution in [0.1, 0.15) is 46.5 Å². The Bertz CT molecular complexity index is 733. The molecule has 2 heterocycles. The van der Waals surface area contributed by atoms with Crippen molar-refractivity contribution >= 4 is 29.9 Å². The van der Waals surface area contributed by atoms with Gasteiger partial charge in [0.2, 0.25) is 4.73 Å². The van der Waals surface area contributed by atoms with Gasteiger partial charge in [-0.15, -0.1) is 5.10 Å². The first-order chi connectivity index (χ1) is 11.7. The molecule has 0 atom stereocenters. The minimum Gasteiger partial charge on any atom is -0.486 e. The molecule has 2 aromatic rings. The Morgan fingerprint density at radius 2 is 1.80 bits per heavy atom. The first-order valence-corrected chi connectivity index (χ1v) is 12.7. The van der Waals surface area contributed by atoms with Crippen molar-refractivity contribution in [1.82, 2.24) is 14.6 Å². The average molecular weight is 426 g/mol. The topological polar surface area (TPSA) is 48.7 Å². The fourth-order valence-corrected chi connectivity index (χ4v) is 4.75. The van der Waals surface area contributed by atoms with Crippen molar-refractivity contribution in [3.63, 3.8) is 0 Å². The zero-order valence-electron chi connectivity index (χ0n) is 15.8. The SMILES string of the molecule is CC(C)(C)[Si](C)(C)OC1CCC(Oc2cccn3nc(Br)nc23)CC1. The van der Waals surface area contributed by atoms with Gasteiger partial charge in [-0.2, -0.15) is 4.98 Å². The number of hydrogen-bond donors (Lipinski definition) is 0. The van der Waals surface area contributed by atoms with Crippen LogP contribution < -0.4 is 4.74 Å². The fraction of sp³-hybridized carbons (Fsp3) is 0.667. The lowest BCUT2D eigenvalue weighted by Crippen LogP contribution is -2.45. The predicted molar refractivity (Wildman–Crippen MR) is 106 cm³/mol. The lowest BCUT2D eigenvalue weighted by Gasteiger charge is -2.41. The molecule has 7 heteroatoms. The summed E-state index contributed by atoms with van der Waals surface area (Å²) < 4.78 is 15.1. The largest absolute Gasteiger partial charge is 0.486 e. The summed E-state index contributed by atoms with van der Waals surface area (Å²) in [6.07, 6.45) is 6.66. The Morgan fingerprint density at radius 1 is 1.16 bits per heavy atom. The third-order valence-electron chi connectivity index (χ3n) is 5.48. The number of halogens is 1. The van der Waals surface area contributed by atoms with Crippen LogP contribution in [0.3, 0.4) is 0 Å². The molecule has 5 nitrogen and oxygen atoms in total. The molecule has 138 valence electrons. The molecule has 1 saturated carbocycles. The lowest BCUT2D eigenvalue weighted by atomic mass is 9.95. The lowest BCUT2D eigenvalue weighted by molar-refractivity contribution is 0.0730. The summed E-state index contributed by atoms with van der Waals surface area (Å²) in [5.41, 5.74) is 0.758. The van der Waals surface area contributed by atoms with E-state index in [0.29, 0.717) is 10.8 Å². The molecule has 0 aromatic carbocycles. The summed E-state index contributed by atoms with van der Waals surface area (Å²) in [6, 6.07) is 3.91. The highest BCUT2D eigenvalue weighted by atomic mass is 79.9. The number of rotatable bonds is 4. The first kappa shape index (κ1) is 18.9. The Hall–Kier alpha value is -0.923. The second kappa shape index (κ2) is 7.00. The van der Waals surface area contributed by atoms with Crippen molar-refractivity contribution < 1.29 is 9.16 Å². The van der Waals surface area contributed by atoms with E-state index in [9.17, 15) is 0 Å². The van der Waals surface area contributed by atoms with Crippen molar-refractivity contribution in [2.24, 2.45) is 0 Å². The van der Waals surface area contributed by atoms with Gasteiger partial charge in [-0.25, -0.2) is 4.52 Å². The first-order valence-electron chi connectivity index (χ1n) is 9.01. The van der Waals surface area contributed by atoms with E-state index >= 15 is 0 Å². The quantitative estimate of drug-likeness (QED) is 0.631. The minimum absolute atomic E-state index is 0.223. The Morgan fingerprint density at radius 3 is 2.44 bits per heavy atom. The molecular formula is C18H28BrN3O2Si. The van der Waals surface area contributed by atoms with Crippen LogP contribution in [-0.4, -0.2) is 35.1 Å². The van der Waals surface area contributed by atoms with Gasteiger partial charge in [-0.3, -0.25) is 0 Å². The van der Waals surface area contributed by atoms with Gasteiger partial charge in [0.15, 0.2) is 19.7 Å². The van der Waals surface area contributed by atoms with Crippen LogP contribution >= 0.6 is 15.9 Å². The number of nitrogens with zero attached hydrogens (tertiary/aromatic N) is 3. The van der Waals surface area contributed by atoms with Crippen molar-refractivity contribution in [1.29, 1.82) is 0 Å². The maximum atomic E-state index is 6.57. The third-order valence-corrected chi connectivity index (χ3v) is 10.4. The Labute approximate surface area is 159 Å². The zero-order valence-corrected chi connectivity index (χ0v) is 18.3. The normalized spacial score (nSPS) is 22.3. The standard InChI is InChI=1S/C18H28BrN3O2Si/c1-18(2,3)25(4,5)24-14-10-8-13(9-11-14)23-15-7-6-12-22-16(15)20-17(19)21-22/h6-7,12-14H,8-11H2,1-5H3. The minimum atomic E-state index is -1.69. The molecule has 0 spiro atoms. The third kappa shape index (κ3) is 4.26. The van der Waals surface area contributed by atoms with Gasteiger partial charge in [0.05, 0.1) is 6.10 Å². The molecular weight excluding hydrogens is 398 g/mol. The van der Waals surface area contributed by atoms with Gasteiger partial charge in [0.25, 0.3) is 0 Å². The van der Waals surface area contributed by atoms with E-state index in [4.69, 9.17) is 9.16 Å². The van der Waals surface area contributed by atoms with Gasteiger partial charge in [-0.1, -0.05) is 20.8 Å². The molecule has 1 fully saturated rings. The van der Waals surface area contributed by atoms with Crippen molar-refractivity contribution in [2.45, 2.75) is 76.8 Å². The predicted octanol–water partition coefficient (Wildman–Crippen LogP) is 5.20. The molecule has 0 bridgehead atoms. The molecule has 0 N–H and O–H groups in total. The molecule has 2 aromatic heterocycles. The highest BCUT2D eigenvalue weighted by Crippen LogP contribution is 2.39. The molecule has 0 radical (unpaired) electrons. The van der Waals surface area contributed by atoms with E-state index in [2.05, 4.69) is 59.9 Å². The second-order valence-electron chi connectivity index (χ2n) is 8.42. The number of fused-ring (bicyclic) bond motifs is 1. The van der Waals surface area contributed by atoms with Gasteiger partial charge < -0.3 is 9.16 Å². The van der Waals surface area contributed by atoms with E-state index < -0.39 is 8.32 Å². The highest BCUT2D eigenvalue weighted by Gasteiger charge is 2.40. The van der Waals surface area contributed by atoms with Gasteiger partial charge in [0, 0.05) is 12.3 Å². The molecule has 0 amide bonds. The number of aromatic nitrogens is 3. The molecule has 1 aliphatic rings. The van der Waals surface area contributed by atoms with E-state index in [1.54, 1.807) is 4.52 Å². The summed E-state index contributed by atoms with van der Waals surface area (Å²) >= 11 is 3.32. The summed E-state index contributed by atoms with van der Waals surface area (Å²) in [7, 11) is -1.69. The maximum Gasteiger partial charge on any atom is 0.218 e. The van der Waals surface area contributed by atoms with Gasteiger partial charge in [-0.05, 0) is 71.9 Å². The van der Waals surface area contributed by atoms with E-state index in [1.165, 1.54) is 0 Å². The monoisotopic (exact) mass is 425 g/mol. The molecule has 25 heavy (non-hydrogen) atoms. The molecule has 0 unspecified atom stereocenters. The second-order valence-corrected chi connectivity index (χ2v) is 13.9. The molecule has 0 saturated heterocycles. The van der Waals surface area contributed by atoms with Crippen molar-refractivity contribution in [3.05, 3.63) is 23.1 Å². The molecule has 1 aliphatic carbocycles. The number of ether oxygens (including phenoxy) is 1. The summed E-state index contributed by atoms with van der Waals surface area (Å²) in [5, 5.41) is 4.53. The highest BCUT2D eigenvalue weighted by molar-refractivity contribution is 9.10. The number of hydrogen-bond acceptors (Lipinski definition) is 4. The fourth-order valence-electron chi connectivity index (χ4n) is 2.99. The smallest absolute Gasteiger partial charge is 0.218 e. The van der Waals surface area contributed by atoms with Crippen LogP contribution in [0.15, 0.2) is 23.1 Å². The summed E-state index contributed by atoms with van der Waals surface area (Å²) in [4.78, 5) is 4.39. The van der Waals surface area contributed by atoms with Crippen LogP contribution in [0.2, 0.25) is 18.1 Å². The average Bonchev–Trinajstić information content (AvgIpc) is 2.89. The van der Waals surface area contributed by atoms with E-state index in [0.717, 1.165) is 37.1 Å². The Kier molecular flexibility index (Phi) is 5.28. The van der Waals surface area contributed by atoms with E-state index in [-0.39, 0.29) is 11.1 Å². The van der Waals surface area contributed by atoms with Crippen molar-refractivity contribution in [2.75, 3.05) is 0 Å². The maximum absolute atomic E-state index is 6.57. The summed E-state index contributed by atoms with van der Waals surface area (Å²) in [6.45, 7) is 11.6. The zero-order chi connectivity index (χ0) is 18.2. The Balaban J connectivity index is 1.59. The van der Waals surface area contributed by atoms with Crippen LogP contribution in [0.25, 0.3) is 5.65 Å². The van der Waals surface area contributed by atoms with Crippen LogP contribution in [0, 0.1) is 0 Å². The molecule has 3 rings (SSSR count). The summed E-state index contributed by atoms with van der Waals surface area (Å²) in [5.74, 6) is 0.800. The van der Waals surface area contributed by atoms with Gasteiger partial charge >= 0.3 is 0 Å². The van der Waals surface area contributed by atoms with Crippen LogP contribution in [0.4, 0.5) is 0 Å². The van der Waals surface area contributed by atoms with Crippen molar-refractivity contribution in [3.8, 4) is 5.75 Å². The number of pyridine rings is 1. The van der Waals surface area contributed by atoms with Crippen LogP contribution in [-0.2, 0) is 4.43 Å². The van der Waals surface area contributed by atoms with E-state index in [1.807, 2.05) is 18.3 Å².